The summed E-state index contributed by atoms with van der Waals surface area (Å²) in [4.78, 5) is 2.47. The Labute approximate surface area is 143 Å². The van der Waals surface area contributed by atoms with Crippen molar-refractivity contribution in [1.82, 2.24) is 10.2 Å². The molecule has 2 saturated heterocycles. The molecule has 0 amide bonds. The van der Waals surface area contributed by atoms with Crippen LogP contribution in [0.5, 0.6) is 0 Å². The van der Waals surface area contributed by atoms with Gasteiger partial charge >= 0.3 is 0 Å². The molecule has 5 heteroatoms. The Morgan fingerprint density at radius 1 is 1.42 bits per heavy atom. The second-order valence-corrected chi connectivity index (χ2v) is 8.32. The Morgan fingerprint density at radius 2 is 2.25 bits per heavy atom. The fourth-order valence-corrected chi connectivity index (χ4v) is 6.91. The third-order valence-corrected chi connectivity index (χ3v) is 7.87. The number of hydrogen-bond acceptors (Lipinski definition) is 5. The van der Waals surface area contributed by atoms with Gasteiger partial charge in [-0.3, -0.25) is 4.90 Å². The van der Waals surface area contributed by atoms with Crippen molar-refractivity contribution < 1.29 is 14.9 Å². The number of aliphatic hydroxyl groups is 2. The molecular weight excluding hydrogens is 304 g/mol. The second kappa shape index (κ2) is 4.77. The lowest BCUT2D eigenvalue weighted by molar-refractivity contribution is -0.253. The number of likely N-dealkylation sites (tertiary alicyclic amines) is 1. The van der Waals surface area contributed by atoms with E-state index in [1.165, 1.54) is 0 Å². The van der Waals surface area contributed by atoms with Gasteiger partial charge in [-0.05, 0) is 57.8 Å². The molecule has 5 aliphatic rings. The van der Waals surface area contributed by atoms with Crippen molar-refractivity contribution in [1.29, 1.82) is 0 Å². The van der Waals surface area contributed by atoms with Gasteiger partial charge in [0.05, 0.1) is 11.0 Å². The minimum Gasteiger partial charge on any atom is -0.504 e. The van der Waals surface area contributed by atoms with E-state index >= 15 is 0 Å². The summed E-state index contributed by atoms with van der Waals surface area (Å²) < 4.78 is 6.41. The molecule has 3 unspecified atom stereocenters. The van der Waals surface area contributed by atoms with Crippen LogP contribution in [-0.4, -0.2) is 59.0 Å². The smallest absolute Gasteiger partial charge is 0.153 e. The zero-order valence-corrected chi connectivity index (χ0v) is 14.5. The Balaban J connectivity index is 1.72. The highest BCUT2D eigenvalue weighted by molar-refractivity contribution is 5.38. The van der Waals surface area contributed by atoms with E-state index in [9.17, 15) is 10.2 Å². The van der Waals surface area contributed by atoms with Crippen LogP contribution >= 0.6 is 0 Å². The summed E-state index contributed by atoms with van der Waals surface area (Å²) in [5.74, 6) is 1.50. The average molecular weight is 332 g/mol. The predicted molar refractivity (Wildman–Crippen MR) is 90.4 cm³/mol. The highest BCUT2D eigenvalue weighted by Crippen LogP contribution is 2.69. The average Bonchev–Trinajstić information content (AvgIpc) is 2.92. The fourth-order valence-electron chi connectivity index (χ4n) is 6.91. The quantitative estimate of drug-likeness (QED) is 0.716. The van der Waals surface area contributed by atoms with Gasteiger partial charge in [0, 0.05) is 18.0 Å². The number of rotatable bonds is 2. The minimum absolute atomic E-state index is 0.0485. The third-order valence-electron chi connectivity index (χ3n) is 7.87. The molecule has 7 atom stereocenters. The lowest BCUT2D eigenvalue weighted by Crippen LogP contribution is -2.77. The molecule has 2 heterocycles. The summed E-state index contributed by atoms with van der Waals surface area (Å²) in [7, 11) is 1.99. The lowest BCUT2D eigenvalue weighted by Gasteiger charge is -2.67. The summed E-state index contributed by atoms with van der Waals surface area (Å²) in [6.07, 6.45) is 7.58. The number of piperidine rings is 1. The molecule has 5 rings (SSSR count). The van der Waals surface area contributed by atoms with E-state index < -0.39 is 5.60 Å². The molecule has 2 saturated carbocycles. The number of ether oxygens (including phenoxy) is 1. The normalized spacial score (nSPS) is 52.2. The van der Waals surface area contributed by atoms with E-state index in [0.29, 0.717) is 5.92 Å². The van der Waals surface area contributed by atoms with Gasteiger partial charge in [0.2, 0.25) is 0 Å². The van der Waals surface area contributed by atoms with Crippen molar-refractivity contribution in [3.05, 3.63) is 23.7 Å². The first kappa shape index (κ1) is 15.2. The number of allylic oxidation sites excluding steroid dienone is 3. The molecule has 3 N–H and O–H groups in total. The summed E-state index contributed by atoms with van der Waals surface area (Å²) in [6.45, 7) is 4.20. The Kier molecular flexibility index (Phi) is 3.03. The largest absolute Gasteiger partial charge is 0.504 e. The van der Waals surface area contributed by atoms with E-state index in [1.54, 1.807) is 0 Å². The van der Waals surface area contributed by atoms with Gasteiger partial charge in [-0.15, -0.1) is 0 Å². The molecule has 0 aromatic heterocycles. The molecule has 4 fully saturated rings. The van der Waals surface area contributed by atoms with Crippen LogP contribution in [0.3, 0.4) is 0 Å². The van der Waals surface area contributed by atoms with Crippen LogP contribution in [0, 0.1) is 17.3 Å². The molecule has 132 valence electrons. The lowest BCUT2D eigenvalue weighted by atomic mass is 9.44. The molecule has 0 aromatic rings. The van der Waals surface area contributed by atoms with Crippen LogP contribution < -0.4 is 5.32 Å². The second-order valence-electron chi connectivity index (χ2n) is 8.32. The van der Waals surface area contributed by atoms with Gasteiger partial charge in [-0.1, -0.05) is 13.0 Å². The molecule has 0 aromatic carbocycles. The number of likely N-dealkylation sites (N-methyl/N-ethyl adjacent to an activating group) is 2. The number of aliphatic hydroxyl groups excluding tert-OH is 1. The topological polar surface area (TPSA) is 65.0 Å². The SMILES string of the molecule is CCN1CC[C@@]23C4C5=C(O)C=CC4C[C@@H]1[C@]2(O)CCC(NC)[C@@H]3O5. The van der Waals surface area contributed by atoms with Gasteiger partial charge in [-0.2, -0.15) is 0 Å². The maximum absolute atomic E-state index is 12.0. The van der Waals surface area contributed by atoms with E-state index in [1.807, 2.05) is 13.1 Å². The van der Waals surface area contributed by atoms with E-state index in [4.69, 9.17) is 4.74 Å². The monoisotopic (exact) mass is 332 g/mol. The van der Waals surface area contributed by atoms with Crippen LogP contribution in [-0.2, 0) is 4.74 Å². The third kappa shape index (κ3) is 1.49. The zero-order valence-electron chi connectivity index (χ0n) is 14.5. The Hall–Kier alpha value is -1.04. The molecular formula is C19H28N2O3. The first-order chi connectivity index (χ1) is 11.6. The molecule has 3 aliphatic carbocycles. The first-order valence-corrected chi connectivity index (χ1v) is 9.48. The number of nitrogens with one attached hydrogen (secondary N) is 1. The minimum atomic E-state index is -0.715. The van der Waals surface area contributed by atoms with Crippen molar-refractivity contribution in [2.24, 2.45) is 17.3 Å². The summed E-state index contributed by atoms with van der Waals surface area (Å²) in [5, 5.41) is 25.9. The van der Waals surface area contributed by atoms with Crippen molar-refractivity contribution in [2.45, 2.75) is 56.4 Å². The standard InChI is InChI=1S/C19H28N2O3/c1-3-21-9-8-18-15-11-4-5-13(22)16(15)24-17(18)12(20-2)6-7-19(18,23)14(21)10-11/h4-5,11-12,14-15,17,20,22-23H,3,6-10H2,1-2H3/t11?,12?,14-,15?,17+,18+,19-/m1/s1. The zero-order chi connectivity index (χ0) is 16.7. The highest BCUT2D eigenvalue weighted by atomic mass is 16.5. The molecule has 2 aliphatic heterocycles. The van der Waals surface area contributed by atoms with Crippen LogP contribution in [0.4, 0.5) is 0 Å². The van der Waals surface area contributed by atoms with Gasteiger partial charge in [0.25, 0.3) is 0 Å². The number of hydrogen-bond donors (Lipinski definition) is 3. The Morgan fingerprint density at radius 3 is 3.00 bits per heavy atom. The van der Waals surface area contributed by atoms with E-state index in [-0.39, 0.29) is 35.3 Å². The fraction of sp³-hybridized carbons (Fsp3) is 0.789. The molecule has 24 heavy (non-hydrogen) atoms. The van der Waals surface area contributed by atoms with Gasteiger partial charge in [0.15, 0.2) is 5.76 Å². The van der Waals surface area contributed by atoms with E-state index in [0.717, 1.165) is 44.5 Å². The van der Waals surface area contributed by atoms with Crippen molar-refractivity contribution in [3.63, 3.8) is 0 Å². The van der Waals surface area contributed by atoms with E-state index in [2.05, 4.69) is 23.2 Å². The van der Waals surface area contributed by atoms with Crippen LogP contribution in [0.2, 0.25) is 0 Å². The maximum atomic E-state index is 12.0. The summed E-state index contributed by atoms with van der Waals surface area (Å²) in [6, 6.07) is 0.439. The van der Waals surface area contributed by atoms with Gasteiger partial charge in [-0.25, -0.2) is 0 Å². The summed E-state index contributed by atoms with van der Waals surface area (Å²) in [5.41, 5.74) is -0.986. The van der Waals surface area contributed by atoms with Crippen LogP contribution in [0.15, 0.2) is 23.7 Å². The molecule has 2 bridgehead atoms. The van der Waals surface area contributed by atoms with Gasteiger partial charge < -0.3 is 20.3 Å². The van der Waals surface area contributed by atoms with Crippen LogP contribution in [0.1, 0.15) is 32.6 Å². The number of nitrogens with zero attached hydrogens (tertiary/aromatic N) is 1. The first-order valence-electron chi connectivity index (χ1n) is 9.48. The highest BCUT2D eigenvalue weighted by Gasteiger charge is 2.76. The van der Waals surface area contributed by atoms with Crippen molar-refractivity contribution in [2.75, 3.05) is 20.1 Å². The van der Waals surface area contributed by atoms with Crippen molar-refractivity contribution >= 4 is 0 Å². The molecule has 0 radical (unpaired) electrons. The maximum Gasteiger partial charge on any atom is 0.153 e. The molecule has 1 spiro atoms. The van der Waals surface area contributed by atoms with Crippen LogP contribution in [0.25, 0.3) is 0 Å². The van der Waals surface area contributed by atoms with Crippen molar-refractivity contribution in [3.8, 4) is 0 Å². The van der Waals surface area contributed by atoms with Gasteiger partial charge in [0.1, 0.15) is 11.9 Å². The Bertz CT molecular complexity index is 632. The molecule has 5 nitrogen and oxygen atoms in total. The summed E-state index contributed by atoms with van der Waals surface area (Å²) >= 11 is 0. The predicted octanol–water partition coefficient (Wildman–Crippen LogP) is 1.55.